The van der Waals surface area contributed by atoms with Crippen LogP contribution >= 0.6 is 0 Å². The average molecular weight is 179 g/mol. The first-order chi connectivity index (χ1) is 5.54. The van der Waals surface area contributed by atoms with Crippen LogP contribution in [0.4, 0.5) is 0 Å². The Bertz CT molecular complexity index is 108. The predicted octanol–water partition coefficient (Wildman–Crippen LogP) is -2.13. The largest absolute Gasteiger partial charge is 0.394 e. The van der Waals surface area contributed by atoms with Crippen molar-refractivity contribution in [2.45, 2.75) is 25.4 Å². The summed E-state index contributed by atoms with van der Waals surface area (Å²) in [7, 11) is 1.54. The number of hydrogen-bond donors (Lipinski definition) is 5. The molecular weight excluding hydrogens is 162 g/mol. The van der Waals surface area contributed by atoms with E-state index in [0.29, 0.717) is 0 Å². The zero-order valence-corrected chi connectivity index (χ0v) is 7.31. The minimum absolute atomic E-state index is 0.512. The first kappa shape index (κ1) is 11.8. The van der Waals surface area contributed by atoms with Crippen molar-refractivity contribution < 1.29 is 20.4 Å². The van der Waals surface area contributed by atoms with Gasteiger partial charge in [-0.05, 0) is 7.05 Å². The Kier molecular flexibility index (Phi) is 5.36. The van der Waals surface area contributed by atoms with Gasteiger partial charge < -0.3 is 20.4 Å². The molecular formula is C7H17NO4. The van der Waals surface area contributed by atoms with Crippen molar-refractivity contribution >= 4 is 0 Å². The highest BCUT2D eigenvalue weighted by atomic mass is 16.4. The van der Waals surface area contributed by atoms with Crippen LogP contribution in [0.1, 0.15) is 6.92 Å². The van der Waals surface area contributed by atoms with Gasteiger partial charge in [0.15, 0.2) is 0 Å². The second-order valence-corrected chi connectivity index (χ2v) is 2.83. The lowest BCUT2D eigenvalue weighted by atomic mass is 9.98. The molecule has 5 N–H and O–H groups in total. The minimum atomic E-state index is -1.21. The molecule has 0 aromatic heterocycles. The Morgan fingerprint density at radius 1 is 1.25 bits per heavy atom. The zero-order valence-electron chi connectivity index (χ0n) is 7.31. The highest BCUT2D eigenvalue weighted by Gasteiger charge is 2.26. The van der Waals surface area contributed by atoms with Crippen molar-refractivity contribution in [3.8, 4) is 0 Å². The fourth-order valence-electron chi connectivity index (χ4n) is 0.908. The molecule has 0 rings (SSSR count). The van der Waals surface area contributed by atoms with Gasteiger partial charge in [-0.25, -0.2) is 0 Å². The van der Waals surface area contributed by atoms with Gasteiger partial charge in [-0.1, -0.05) is 6.92 Å². The van der Waals surface area contributed by atoms with Crippen molar-refractivity contribution in [2.75, 3.05) is 13.7 Å². The SMILES string of the molecule is CNC(O)C(C)C(O)C(O)CO. The summed E-state index contributed by atoms with van der Waals surface area (Å²) in [6.07, 6.45) is -3.22. The lowest BCUT2D eigenvalue weighted by Crippen LogP contribution is -2.44. The van der Waals surface area contributed by atoms with Crippen LogP contribution in [0.5, 0.6) is 0 Å². The molecule has 5 nitrogen and oxygen atoms in total. The smallest absolute Gasteiger partial charge is 0.109 e. The van der Waals surface area contributed by atoms with E-state index in [9.17, 15) is 10.2 Å². The third kappa shape index (κ3) is 3.04. The molecule has 0 aromatic carbocycles. The van der Waals surface area contributed by atoms with Crippen LogP contribution in [0.25, 0.3) is 0 Å². The summed E-state index contributed by atoms with van der Waals surface area (Å²) in [6.45, 7) is 1.06. The summed E-state index contributed by atoms with van der Waals surface area (Å²) in [5.41, 5.74) is 0. The Hall–Kier alpha value is -0.200. The summed E-state index contributed by atoms with van der Waals surface area (Å²) >= 11 is 0. The first-order valence-corrected chi connectivity index (χ1v) is 3.87. The molecule has 0 saturated heterocycles. The lowest BCUT2D eigenvalue weighted by molar-refractivity contribution is -0.0740. The van der Waals surface area contributed by atoms with E-state index >= 15 is 0 Å². The third-order valence-electron chi connectivity index (χ3n) is 1.91. The highest BCUT2D eigenvalue weighted by Crippen LogP contribution is 2.10. The number of aliphatic hydroxyl groups excluding tert-OH is 4. The van der Waals surface area contributed by atoms with Crippen molar-refractivity contribution in [2.24, 2.45) is 5.92 Å². The maximum Gasteiger partial charge on any atom is 0.109 e. The van der Waals surface area contributed by atoms with Crippen LogP contribution in [-0.2, 0) is 0 Å². The second kappa shape index (κ2) is 5.45. The van der Waals surface area contributed by atoms with Crippen molar-refractivity contribution in [3.63, 3.8) is 0 Å². The Labute approximate surface area is 71.7 Å². The fraction of sp³-hybridized carbons (Fsp3) is 1.00. The van der Waals surface area contributed by atoms with Gasteiger partial charge in [-0.15, -0.1) is 0 Å². The predicted molar refractivity (Wildman–Crippen MR) is 43.3 cm³/mol. The number of nitrogens with one attached hydrogen (secondary N) is 1. The summed E-state index contributed by atoms with van der Waals surface area (Å²) in [5, 5.41) is 38.5. The molecule has 0 aliphatic heterocycles. The number of aliphatic hydroxyl groups is 4. The van der Waals surface area contributed by atoms with E-state index < -0.39 is 31.0 Å². The summed E-state index contributed by atoms with van der Waals surface area (Å²) in [6, 6.07) is 0. The van der Waals surface area contributed by atoms with Gasteiger partial charge >= 0.3 is 0 Å². The molecule has 74 valence electrons. The number of hydrogen-bond acceptors (Lipinski definition) is 5. The zero-order chi connectivity index (χ0) is 9.72. The topological polar surface area (TPSA) is 93.0 Å². The van der Waals surface area contributed by atoms with E-state index in [1.165, 1.54) is 0 Å². The molecule has 4 unspecified atom stereocenters. The van der Waals surface area contributed by atoms with Gasteiger partial charge in [0, 0.05) is 5.92 Å². The van der Waals surface area contributed by atoms with Gasteiger partial charge in [0.05, 0.1) is 12.7 Å². The Morgan fingerprint density at radius 3 is 2.08 bits per heavy atom. The van der Waals surface area contributed by atoms with E-state index in [1.54, 1.807) is 14.0 Å². The van der Waals surface area contributed by atoms with Gasteiger partial charge in [0.25, 0.3) is 0 Å². The van der Waals surface area contributed by atoms with Gasteiger partial charge in [-0.2, -0.15) is 0 Å². The Balaban J connectivity index is 3.99. The van der Waals surface area contributed by atoms with Crippen molar-refractivity contribution in [1.29, 1.82) is 0 Å². The maximum atomic E-state index is 9.28. The van der Waals surface area contributed by atoms with Crippen LogP contribution in [0.15, 0.2) is 0 Å². The summed E-state index contributed by atoms with van der Waals surface area (Å²) in [4.78, 5) is 0. The molecule has 0 amide bonds. The average Bonchev–Trinajstić information content (AvgIpc) is 2.12. The van der Waals surface area contributed by atoms with Gasteiger partial charge in [-0.3, -0.25) is 5.32 Å². The molecule has 0 aromatic rings. The molecule has 0 bridgehead atoms. The van der Waals surface area contributed by atoms with Crippen LogP contribution in [0.3, 0.4) is 0 Å². The van der Waals surface area contributed by atoms with Gasteiger partial charge in [0.2, 0.25) is 0 Å². The highest BCUT2D eigenvalue weighted by molar-refractivity contribution is 4.75. The maximum absolute atomic E-state index is 9.28. The molecule has 0 aliphatic carbocycles. The lowest BCUT2D eigenvalue weighted by Gasteiger charge is -2.26. The third-order valence-corrected chi connectivity index (χ3v) is 1.91. The molecule has 0 fully saturated rings. The molecule has 0 saturated carbocycles. The van der Waals surface area contributed by atoms with Crippen LogP contribution in [-0.4, -0.2) is 52.5 Å². The minimum Gasteiger partial charge on any atom is -0.394 e. The van der Waals surface area contributed by atoms with E-state index in [2.05, 4.69) is 5.32 Å². The molecule has 0 aliphatic rings. The second-order valence-electron chi connectivity index (χ2n) is 2.83. The summed E-state index contributed by atoms with van der Waals surface area (Å²) < 4.78 is 0. The van der Waals surface area contributed by atoms with Crippen molar-refractivity contribution in [1.82, 2.24) is 5.32 Å². The van der Waals surface area contributed by atoms with E-state index in [0.717, 1.165) is 0 Å². The fourth-order valence-corrected chi connectivity index (χ4v) is 0.908. The molecule has 0 radical (unpaired) electrons. The molecule has 5 heteroatoms. The molecule has 0 spiro atoms. The molecule has 0 heterocycles. The Morgan fingerprint density at radius 2 is 1.75 bits per heavy atom. The van der Waals surface area contributed by atoms with E-state index in [4.69, 9.17) is 10.2 Å². The quantitative estimate of drug-likeness (QED) is 0.311. The van der Waals surface area contributed by atoms with Crippen molar-refractivity contribution in [3.05, 3.63) is 0 Å². The monoisotopic (exact) mass is 179 g/mol. The first-order valence-electron chi connectivity index (χ1n) is 3.87. The summed E-state index contributed by atoms with van der Waals surface area (Å²) in [5.74, 6) is -0.530. The van der Waals surface area contributed by atoms with Crippen LogP contribution in [0, 0.1) is 5.92 Å². The number of rotatable bonds is 5. The van der Waals surface area contributed by atoms with Gasteiger partial charge in [0.1, 0.15) is 12.3 Å². The standard InChI is InChI=1S/C7H17NO4/c1-4(7(12)8-2)6(11)5(10)3-9/h4-12H,3H2,1-2H3. The van der Waals surface area contributed by atoms with Crippen LogP contribution < -0.4 is 5.32 Å². The van der Waals surface area contributed by atoms with E-state index in [-0.39, 0.29) is 0 Å². The normalized spacial score (nSPS) is 21.5. The molecule has 12 heavy (non-hydrogen) atoms. The molecule has 4 atom stereocenters. The van der Waals surface area contributed by atoms with E-state index in [1.807, 2.05) is 0 Å². The van der Waals surface area contributed by atoms with Crippen LogP contribution in [0.2, 0.25) is 0 Å².